The number of quaternary nitrogens is 1. The Kier molecular flexibility index (Phi) is 4.25. The largest absolute Gasteiger partial charge is 0.545 e. The van der Waals surface area contributed by atoms with Crippen LogP contribution in [0.2, 0.25) is 0 Å². The van der Waals surface area contributed by atoms with Crippen molar-refractivity contribution in [3.63, 3.8) is 0 Å². The van der Waals surface area contributed by atoms with Gasteiger partial charge in [0, 0.05) is 0 Å². The lowest BCUT2D eigenvalue weighted by atomic mass is 10.2. The third-order valence-corrected chi connectivity index (χ3v) is 4.05. The van der Waals surface area contributed by atoms with Crippen LogP contribution in [-0.4, -0.2) is 40.8 Å². The summed E-state index contributed by atoms with van der Waals surface area (Å²) in [5.74, 6) is -1.27. The van der Waals surface area contributed by atoms with E-state index in [9.17, 15) is 18.3 Å². The lowest BCUT2D eigenvalue weighted by Gasteiger charge is -2.09. The number of carbonyl (C=O) groups excluding carboxylic acids is 1. The summed E-state index contributed by atoms with van der Waals surface area (Å²) in [6.45, 7) is 0.505. The van der Waals surface area contributed by atoms with Crippen LogP contribution in [0.4, 0.5) is 0 Å². The molecule has 0 unspecified atom stereocenters. The van der Waals surface area contributed by atoms with E-state index in [4.69, 9.17) is 0 Å². The number of hydrogen-bond donors (Lipinski definition) is 1. The van der Waals surface area contributed by atoms with Gasteiger partial charge in [0.2, 0.25) is 0 Å². The molecule has 0 amide bonds. The number of nitrogens with one attached hydrogen (secondary N) is 1. The Labute approximate surface area is 101 Å². The molecule has 1 rings (SSSR count). The minimum Gasteiger partial charge on any atom is -0.545 e. The average molecular weight is 257 g/mol. The van der Waals surface area contributed by atoms with Crippen molar-refractivity contribution < 1.29 is 23.2 Å². The van der Waals surface area contributed by atoms with Gasteiger partial charge in [-0.25, -0.2) is 8.42 Å². The van der Waals surface area contributed by atoms with E-state index in [1.54, 1.807) is 0 Å². The van der Waals surface area contributed by atoms with E-state index in [0.717, 1.165) is 4.90 Å². The van der Waals surface area contributed by atoms with Gasteiger partial charge < -0.3 is 14.8 Å². The summed E-state index contributed by atoms with van der Waals surface area (Å²) in [5.41, 5.74) is -0.0258. The average Bonchev–Trinajstić information content (AvgIpc) is 2.27. The molecule has 0 radical (unpaired) electrons. The predicted octanol–water partition coefficient (Wildman–Crippen LogP) is -2.03. The number of benzene rings is 1. The molecule has 5 nitrogen and oxygen atoms in total. The number of carboxylic acids is 1. The molecule has 0 aromatic heterocycles. The second-order valence-electron chi connectivity index (χ2n) is 4.09. The summed E-state index contributed by atoms with van der Waals surface area (Å²) in [6.07, 6.45) is 0. The number of rotatable bonds is 5. The molecule has 0 spiro atoms. The van der Waals surface area contributed by atoms with E-state index in [1.807, 2.05) is 14.1 Å². The van der Waals surface area contributed by atoms with E-state index in [0.29, 0.717) is 6.54 Å². The van der Waals surface area contributed by atoms with Crippen LogP contribution in [0.3, 0.4) is 0 Å². The maximum Gasteiger partial charge on any atom is 0.183 e. The van der Waals surface area contributed by atoms with Crippen LogP contribution in [0.25, 0.3) is 0 Å². The summed E-state index contributed by atoms with van der Waals surface area (Å²) < 4.78 is 23.7. The molecule has 1 N–H and O–H groups in total. The van der Waals surface area contributed by atoms with Crippen LogP contribution < -0.4 is 10.0 Å². The van der Waals surface area contributed by atoms with Gasteiger partial charge in [-0.2, -0.15) is 0 Å². The van der Waals surface area contributed by atoms with Gasteiger partial charge in [-0.1, -0.05) is 12.1 Å². The molecule has 0 saturated heterocycles. The normalized spacial score (nSPS) is 11.7. The van der Waals surface area contributed by atoms with Crippen molar-refractivity contribution in [3.05, 3.63) is 29.8 Å². The summed E-state index contributed by atoms with van der Waals surface area (Å²) in [6, 6.07) is 5.08. The molecule has 0 aliphatic heterocycles. The van der Waals surface area contributed by atoms with Crippen LogP contribution >= 0.6 is 0 Å². The van der Waals surface area contributed by atoms with Crippen LogP contribution in [0, 0.1) is 0 Å². The molecule has 0 aliphatic carbocycles. The van der Waals surface area contributed by atoms with E-state index >= 15 is 0 Å². The standard InChI is InChI=1S/C11H15NO4S/c1-12(2)7-8-17(15,16)10-5-3-9(4-6-10)11(13)14/h3-6H,7-8H2,1-2H3,(H,13,14). The predicted molar refractivity (Wildman–Crippen MR) is 60.5 cm³/mol. The quantitative estimate of drug-likeness (QED) is 0.660. The highest BCUT2D eigenvalue weighted by Crippen LogP contribution is 2.11. The fourth-order valence-corrected chi connectivity index (χ4v) is 2.72. The van der Waals surface area contributed by atoms with Crippen molar-refractivity contribution in [2.75, 3.05) is 26.4 Å². The lowest BCUT2D eigenvalue weighted by molar-refractivity contribution is -0.855. The first kappa shape index (κ1) is 13.7. The first-order valence-corrected chi connectivity index (χ1v) is 6.81. The molecule has 17 heavy (non-hydrogen) atoms. The molecule has 0 atom stereocenters. The van der Waals surface area contributed by atoms with E-state index in [2.05, 4.69) is 0 Å². The van der Waals surface area contributed by atoms with Crippen molar-refractivity contribution in [2.24, 2.45) is 0 Å². The Morgan fingerprint density at radius 1 is 1.24 bits per heavy atom. The Hall–Kier alpha value is -1.40. The lowest BCUT2D eigenvalue weighted by Crippen LogP contribution is -3.06. The van der Waals surface area contributed by atoms with Crippen molar-refractivity contribution in [1.82, 2.24) is 0 Å². The Morgan fingerprint density at radius 3 is 2.18 bits per heavy atom. The first-order chi connectivity index (χ1) is 7.83. The highest BCUT2D eigenvalue weighted by molar-refractivity contribution is 7.91. The van der Waals surface area contributed by atoms with E-state index in [-0.39, 0.29) is 16.2 Å². The number of aromatic carboxylic acids is 1. The molecule has 0 saturated carbocycles. The van der Waals surface area contributed by atoms with Gasteiger partial charge >= 0.3 is 0 Å². The molecular formula is C11H15NO4S. The zero-order chi connectivity index (χ0) is 13.1. The van der Waals surface area contributed by atoms with Crippen molar-refractivity contribution in [3.8, 4) is 0 Å². The summed E-state index contributed by atoms with van der Waals surface area (Å²) in [4.78, 5) is 11.7. The topological polar surface area (TPSA) is 78.7 Å². The molecule has 0 aliphatic rings. The highest BCUT2D eigenvalue weighted by atomic mass is 32.2. The zero-order valence-corrected chi connectivity index (χ0v) is 10.6. The van der Waals surface area contributed by atoms with Gasteiger partial charge in [-0.3, -0.25) is 0 Å². The third kappa shape index (κ3) is 3.83. The number of hydrogen-bond acceptors (Lipinski definition) is 4. The van der Waals surface area contributed by atoms with Crippen molar-refractivity contribution >= 4 is 15.8 Å². The summed E-state index contributed by atoms with van der Waals surface area (Å²) >= 11 is 0. The van der Waals surface area contributed by atoms with Crippen LogP contribution in [0.15, 0.2) is 29.2 Å². The maximum atomic E-state index is 11.8. The number of sulfone groups is 1. The fraction of sp³-hybridized carbons (Fsp3) is 0.364. The smallest absolute Gasteiger partial charge is 0.183 e. The van der Waals surface area contributed by atoms with Gasteiger partial charge in [0.1, 0.15) is 5.75 Å². The molecule has 0 heterocycles. The van der Waals surface area contributed by atoms with E-state index in [1.165, 1.54) is 24.3 Å². The Bertz CT molecular complexity index is 491. The summed E-state index contributed by atoms with van der Waals surface area (Å²) in [5, 5.41) is 10.5. The van der Waals surface area contributed by atoms with Crippen LogP contribution in [-0.2, 0) is 9.84 Å². The fourth-order valence-electron chi connectivity index (χ4n) is 1.25. The first-order valence-electron chi connectivity index (χ1n) is 5.16. The van der Waals surface area contributed by atoms with Gasteiger partial charge in [-0.05, 0) is 17.7 Å². The monoisotopic (exact) mass is 257 g/mol. The number of carboxylic acid groups (broad SMARTS) is 1. The molecule has 1 aromatic rings. The zero-order valence-electron chi connectivity index (χ0n) is 9.76. The van der Waals surface area contributed by atoms with Crippen molar-refractivity contribution in [2.45, 2.75) is 4.90 Å². The molecule has 6 heteroatoms. The minimum absolute atomic E-state index is 0.0258. The molecule has 1 aromatic carbocycles. The third-order valence-electron chi connectivity index (χ3n) is 2.32. The Morgan fingerprint density at radius 2 is 1.76 bits per heavy atom. The molecule has 94 valence electrons. The molecule has 0 bridgehead atoms. The minimum atomic E-state index is -3.33. The molecule has 0 fully saturated rings. The second-order valence-corrected chi connectivity index (χ2v) is 6.20. The van der Waals surface area contributed by atoms with Gasteiger partial charge in [0.25, 0.3) is 0 Å². The van der Waals surface area contributed by atoms with Crippen LogP contribution in [0.1, 0.15) is 10.4 Å². The SMILES string of the molecule is C[NH+](C)CCS(=O)(=O)c1ccc(C(=O)[O-])cc1. The maximum absolute atomic E-state index is 11.8. The van der Waals surface area contributed by atoms with E-state index < -0.39 is 15.8 Å². The van der Waals surface area contributed by atoms with Gasteiger partial charge in [0.05, 0.1) is 31.5 Å². The molecular weight excluding hydrogens is 242 g/mol. The number of carbonyl (C=O) groups is 1. The second kappa shape index (κ2) is 5.29. The highest BCUT2D eigenvalue weighted by Gasteiger charge is 2.15. The Balaban J connectivity index is 2.89. The van der Waals surface area contributed by atoms with Gasteiger partial charge in [0.15, 0.2) is 9.84 Å². The van der Waals surface area contributed by atoms with Gasteiger partial charge in [-0.15, -0.1) is 0 Å². The summed E-state index contributed by atoms with van der Waals surface area (Å²) in [7, 11) is 0.408. The van der Waals surface area contributed by atoms with Crippen molar-refractivity contribution in [1.29, 1.82) is 0 Å². The van der Waals surface area contributed by atoms with Crippen LogP contribution in [0.5, 0.6) is 0 Å².